The molecule has 1 aliphatic rings. The summed E-state index contributed by atoms with van der Waals surface area (Å²) in [4.78, 5) is 0. The topological polar surface area (TPSA) is 38.7 Å². The third kappa shape index (κ3) is 6.35. The molecule has 0 aromatic heterocycles. The molecule has 0 amide bonds. The van der Waals surface area contributed by atoms with Crippen LogP contribution in [0.1, 0.15) is 76.7 Å². The molecule has 3 heteroatoms. The first-order valence-corrected chi connectivity index (χ1v) is 9.74. The lowest BCUT2D eigenvalue weighted by Crippen LogP contribution is -2.11. The van der Waals surface area contributed by atoms with Crippen molar-refractivity contribution in [2.45, 2.75) is 89.8 Å². The van der Waals surface area contributed by atoms with Crippen LogP contribution in [-0.2, 0) is 6.42 Å². The minimum atomic E-state index is -0.123. The summed E-state index contributed by atoms with van der Waals surface area (Å²) in [6.45, 7) is 2.17. The van der Waals surface area contributed by atoms with Gasteiger partial charge in [-0.05, 0) is 69.1 Å². The molecule has 2 rings (SSSR count). The summed E-state index contributed by atoms with van der Waals surface area (Å²) in [5.41, 5.74) is 1.30. The second-order valence-electron chi connectivity index (χ2n) is 7.05. The fourth-order valence-electron chi connectivity index (χ4n) is 3.45. The van der Waals surface area contributed by atoms with E-state index in [1.807, 2.05) is 6.07 Å². The summed E-state index contributed by atoms with van der Waals surface area (Å²) >= 11 is 0. The number of hydrogen-bond acceptors (Lipinski definition) is 3. The predicted octanol–water partition coefficient (Wildman–Crippen LogP) is 5.28. The molecule has 0 heterocycles. The fraction of sp³-hybridized carbons (Fsp3) is 0.714. The zero-order valence-corrected chi connectivity index (χ0v) is 15.4. The van der Waals surface area contributed by atoms with Gasteiger partial charge in [0.2, 0.25) is 0 Å². The van der Waals surface area contributed by atoms with E-state index in [1.165, 1.54) is 18.4 Å². The van der Waals surface area contributed by atoms with Crippen LogP contribution in [0.4, 0.5) is 0 Å². The molecule has 0 bridgehead atoms. The largest absolute Gasteiger partial charge is 0.493 e. The third-order valence-corrected chi connectivity index (χ3v) is 4.97. The number of aliphatic hydroxyl groups is 1. The molecule has 0 radical (unpaired) electrons. The van der Waals surface area contributed by atoms with Crippen molar-refractivity contribution in [2.24, 2.45) is 0 Å². The molecule has 136 valence electrons. The summed E-state index contributed by atoms with van der Waals surface area (Å²) in [6, 6.07) is 6.30. The summed E-state index contributed by atoms with van der Waals surface area (Å²) in [7, 11) is 1.70. The average molecular weight is 335 g/mol. The van der Waals surface area contributed by atoms with Crippen molar-refractivity contribution in [3.05, 3.63) is 23.8 Å². The van der Waals surface area contributed by atoms with Gasteiger partial charge < -0.3 is 14.6 Å². The standard InChI is InChI=1S/C21H34O3/c1-3-4-10-18(22)11-6-5-9-17-14-15-20(23-2)21(16-17)24-19-12-7-8-13-19/h14-16,18-19,22H,3-13H2,1-2H3. The molecule has 1 aliphatic carbocycles. The molecule has 24 heavy (non-hydrogen) atoms. The van der Waals surface area contributed by atoms with Gasteiger partial charge in [-0.25, -0.2) is 0 Å². The molecule has 3 nitrogen and oxygen atoms in total. The van der Waals surface area contributed by atoms with Crippen LogP contribution in [0.3, 0.4) is 0 Å². The molecule has 1 aromatic carbocycles. The molecule has 0 aliphatic heterocycles. The van der Waals surface area contributed by atoms with E-state index < -0.39 is 0 Å². The van der Waals surface area contributed by atoms with Crippen molar-refractivity contribution in [3.63, 3.8) is 0 Å². The van der Waals surface area contributed by atoms with Crippen molar-refractivity contribution < 1.29 is 14.6 Å². The van der Waals surface area contributed by atoms with Crippen molar-refractivity contribution in [1.29, 1.82) is 0 Å². The Labute approximate surface area is 147 Å². The molecule has 1 aromatic rings. The number of unbranched alkanes of at least 4 members (excludes halogenated alkanes) is 2. The van der Waals surface area contributed by atoms with Gasteiger partial charge in [0.1, 0.15) is 0 Å². The quantitative estimate of drug-likeness (QED) is 0.560. The molecule has 1 N–H and O–H groups in total. The van der Waals surface area contributed by atoms with Gasteiger partial charge in [0, 0.05) is 0 Å². The Bertz CT molecular complexity index is 466. The first kappa shape index (κ1) is 19.1. The van der Waals surface area contributed by atoms with Gasteiger partial charge in [-0.15, -0.1) is 0 Å². The molecule has 1 fully saturated rings. The first-order valence-electron chi connectivity index (χ1n) is 9.74. The molecule has 1 atom stereocenters. The van der Waals surface area contributed by atoms with Gasteiger partial charge in [0.15, 0.2) is 11.5 Å². The molecule has 0 saturated heterocycles. The maximum Gasteiger partial charge on any atom is 0.161 e. The highest BCUT2D eigenvalue weighted by molar-refractivity contribution is 5.43. The minimum absolute atomic E-state index is 0.123. The highest BCUT2D eigenvalue weighted by Gasteiger charge is 2.18. The number of methoxy groups -OCH3 is 1. The van der Waals surface area contributed by atoms with Crippen molar-refractivity contribution in [3.8, 4) is 11.5 Å². The highest BCUT2D eigenvalue weighted by Crippen LogP contribution is 2.32. The Hall–Kier alpha value is -1.22. The Kier molecular flexibility index (Phi) is 8.44. The highest BCUT2D eigenvalue weighted by atomic mass is 16.5. The van der Waals surface area contributed by atoms with Gasteiger partial charge in [-0.2, -0.15) is 0 Å². The van der Waals surface area contributed by atoms with Gasteiger partial charge in [0.25, 0.3) is 0 Å². The van der Waals surface area contributed by atoms with Crippen LogP contribution in [0.5, 0.6) is 11.5 Å². The number of ether oxygens (including phenoxy) is 2. The van der Waals surface area contributed by atoms with Gasteiger partial charge in [0.05, 0.1) is 19.3 Å². The maximum atomic E-state index is 9.91. The summed E-state index contributed by atoms with van der Waals surface area (Å²) in [5, 5.41) is 9.91. The van der Waals surface area contributed by atoms with E-state index in [4.69, 9.17) is 9.47 Å². The summed E-state index contributed by atoms with van der Waals surface area (Å²) in [5.74, 6) is 1.73. The maximum absolute atomic E-state index is 9.91. The zero-order chi connectivity index (χ0) is 17.2. The Morgan fingerprint density at radius 3 is 2.54 bits per heavy atom. The smallest absolute Gasteiger partial charge is 0.161 e. The third-order valence-electron chi connectivity index (χ3n) is 4.97. The second-order valence-corrected chi connectivity index (χ2v) is 7.05. The number of benzene rings is 1. The van der Waals surface area contributed by atoms with Gasteiger partial charge in [-0.1, -0.05) is 32.3 Å². The Balaban J connectivity index is 1.79. The SMILES string of the molecule is CCCCC(O)CCCCc1ccc(OC)c(OC2CCCC2)c1. The lowest BCUT2D eigenvalue weighted by molar-refractivity contribution is 0.148. The lowest BCUT2D eigenvalue weighted by Gasteiger charge is -2.17. The van der Waals surface area contributed by atoms with E-state index >= 15 is 0 Å². The van der Waals surface area contributed by atoms with Crippen LogP contribution >= 0.6 is 0 Å². The normalized spacial score (nSPS) is 16.3. The van der Waals surface area contributed by atoms with Crippen LogP contribution in [-0.4, -0.2) is 24.4 Å². The molecule has 1 unspecified atom stereocenters. The van der Waals surface area contributed by atoms with Crippen LogP contribution in [0.15, 0.2) is 18.2 Å². The fourth-order valence-corrected chi connectivity index (χ4v) is 3.45. The molecule has 1 saturated carbocycles. The summed E-state index contributed by atoms with van der Waals surface area (Å²) in [6.07, 6.45) is 12.4. The summed E-state index contributed by atoms with van der Waals surface area (Å²) < 4.78 is 11.6. The van der Waals surface area contributed by atoms with E-state index in [9.17, 15) is 5.11 Å². The van der Waals surface area contributed by atoms with E-state index in [0.29, 0.717) is 6.10 Å². The van der Waals surface area contributed by atoms with Gasteiger partial charge >= 0.3 is 0 Å². The Morgan fingerprint density at radius 1 is 1.08 bits per heavy atom. The number of aryl methyl sites for hydroxylation is 1. The Morgan fingerprint density at radius 2 is 1.83 bits per heavy atom. The lowest BCUT2D eigenvalue weighted by atomic mass is 10.0. The van der Waals surface area contributed by atoms with Crippen LogP contribution in [0.2, 0.25) is 0 Å². The van der Waals surface area contributed by atoms with Crippen molar-refractivity contribution in [2.75, 3.05) is 7.11 Å². The van der Waals surface area contributed by atoms with Crippen molar-refractivity contribution >= 4 is 0 Å². The molecule has 0 spiro atoms. The van der Waals surface area contributed by atoms with E-state index in [-0.39, 0.29) is 6.10 Å². The van der Waals surface area contributed by atoms with E-state index in [0.717, 1.165) is 69.3 Å². The van der Waals surface area contributed by atoms with Crippen LogP contribution < -0.4 is 9.47 Å². The van der Waals surface area contributed by atoms with E-state index in [1.54, 1.807) is 7.11 Å². The average Bonchev–Trinajstić information content (AvgIpc) is 3.10. The zero-order valence-electron chi connectivity index (χ0n) is 15.4. The van der Waals surface area contributed by atoms with E-state index in [2.05, 4.69) is 19.1 Å². The molecular formula is C21H34O3. The minimum Gasteiger partial charge on any atom is -0.493 e. The number of rotatable bonds is 11. The second kappa shape index (κ2) is 10.6. The molecular weight excluding hydrogens is 300 g/mol. The first-order chi connectivity index (χ1) is 11.7. The number of hydrogen-bond donors (Lipinski definition) is 1. The number of aliphatic hydroxyl groups excluding tert-OH is 1. The van der Waals surface area contributed by atoms with Crippen LogP contribution in [0, 0.1) is 0 Å². The van der Waals surface area contributed by atoms with Gasteiger partial charge in [-0.3, -0.25) is 0 Å². The van der Waals surface area contributed by atoms with Crippen molar-refractivity contribution in [1.82, 2.24) is 0 Å². The monoisotopic (exact) mass is 334 g/mol. The van der Waals surface area contributed by atoms with Crippen LogP contribution in [0.25, 0.3) is 0 Å². The predicted molar refractivity (Wildman–Crippen MR) is 99.0 cm³/mol.